The van der Waals surface area contributed by atoms with Gasteiger partial charge in [-0.1, -0.05) is 12.1 Å². The molecule has 0 saturated carbocycles. The molecular formula is C9H8F4. The van der Waals surface area contributed by atoms with Crippen molar-refractivity contribution in [1.82, 2.24) is 0 Å². The maximum atomic E-state index is 12.9. The molecule has 0 atom stereocenters. The van der Waals surface area contributed by atoms with Crippen molar-refractivity contribution in [2.75, 3.05) is 0 Å². The van der Waals surface area contributed by atoms with E-state index in [1.54, 1.807) is 6.92 Å². The van der Waals surface area contributed by atoms with Gasteiger partial charge in [-0.3, -0.25) is 0 Å². The minimum atomic E-state index is -4.35. The average Bonchev–Trinajstić information content (AvgIpc) is 1.93. The van der Waals surface area contributed by atoms with Crippen molar-refractivity contribution in [2.24, 2.45) is 0 Å². The van der Waals surface area contributed by atoms with E-state index in [0.29, 0.717) is 5.56 Å². The summed E-state index contributed by atoms with van der Waals surface area (Å²) >= 11 is 0. The molecule has 1 rings (SSSR count). The first-order valence-electron chi connectivity index (χ1n) is 3.70. The molecule has 0 unspecified atom stereocenters. The Kier molecular flexibility index (Phi) is 2.59. The summed E-state index contributed by atoms with van der Waals surface area (Å²) in [5.74, 6) is -0.794. The van der Waals surface area contributed by atoms with Gasteiger partial charge in [-0.05, 0) is 24.1 Å². The van der Waals surface area contributed by atoms with Crippen LogP contribution in [0.1, 0.15) is 11.1 Å². The lowest BCUT2D eigenvalue weighted by atomic mass is 10.1. The number of halogens is 4. The molecule has 4 heteroatoms. The quantitative estimate of drug-likeness (QED) is 0.599. The van der Waals surface area contributed by atoms with Crippen molar-refractivity contribution in [1.29, 1.82) is 0 Å². The van der Waals surface area contributed by atoms with Gasteiger partial charge in [0.25, 0.3) is 0 Å². The molecule has 0 spiro atoms. The summed E-state index contributed by atoms with van der Waals surface area (Å²) in [6.07, 6.45) is -5.56. The van der Waals surface area contributed by atoms with E-state index in [4.69, 9.17) is 0 Å². The molecule has 0 bridgehead atoms. The largest absolute Gasteiger partial charge is 0.393 e. The highest BCUT2D eigenvalue weighted by Crippen LogP contribution is 2.23. The second-order valence-corrected chi connectivity index (χ2v) is 2.89. The predicted octanol–water partition coefficient (Wildman–Crippen LogP) is 3.24. The lowest BCUT2D eigenvalue weighted by molar-refractivity contribution is -0.127. The molecule has 0 aliphatic carbocycles. The summed E-state index contributed by atoms with van der Waals surface area (Å²) in [7, 11) is 0. The van der Waals surface area contributed by atoms with Crippen LogP contribution in [0.3, 0.4) is 0 Å². The molecule has 1 aromatic rings. The average molecular weight is 192 g/mol. The smallest absolute Gasteiger partial charge is 0.207 e. The number of alkyl halides is 3. The Labute approximate surface area is 73.2 Å². The van der Waals surface area contributed by atoms with Gasteiger partial charge in [0.2, 0.25) is 0 Å². The van der Waals surface area contributed by atoms with Crippen LogP contribution in [-0.2, 0) is 6.42 Å². The van der Waals surface area contributed by atoms with Crippen molar-refractivity contribution < 1.29 is 17.6 Å². The third-order valence-electron chi connectivity index (χ3n) is 1.60. The van der Waals surface area contributed by atoms with Crippen LogP contribution >= 0.6 is 0 Å². The second-order valence-electron chi connectivity index (χ2n) is 2.89. The van der Waals surface area contributed by atoms with Gasteiger partial charge in [-0.2, -0.15) is 13.2 Å². The van der Waals surface area contributed by atoms with E-state index in [-0.39, 0.29) is 5.56 Å². The maximum Gasteiger partial charge on any atom is 0.393 e. The van der Waals surface area contributed by atoms with Gasteiger partial charge >= 0.3 is 6.18 Å². The molecule has 0 aliphatic rings. The molecule has 0 nitrogen and oxygen atoms in total. The van der Waals surface area contributed by atoms with Crippen LogP contribution in [0.2, 0.25) is 0 Å². The Morgan fingerprint density at radius 1 is 1.23 bits per heavy atom. The highest BCUT2D eigenvalue weighted by molar-refractivity contribution is 5.23. The summed E-state index contributed by atoms with van der Waals surface area (Å²) in [6.45, 7) is 1.63. The van der Waals surface area contributed by atoms with E-state index in [9.17, 15) is 17.6 Å². The van der Waals surface area contributed by atoms with Gasteiger partial charge in [0.1, 0.15) is 5.82 Å². The first-order valence-corrected chi connectivity index (χ1v) is 3.70. The molecule has 0 fully saturated rings. The lowest BCUT2D eigenvalue weighted by Gasteiger charge is -2.07. The number of aryl methyl sites for hydroxylation is 1. The molecule has 0 aliphatic heterocycles. The van der Waals surface area contributed by atoms with Crippen molar-refractivity contribution >= 4 is 0 Å². The van der Waals surface area contributed by atoms with E-state index in [1.807, 2.05) is 0 Å². The van der Waals surface area contributed by atoms with Gasteiger partial charge in [-0.25, -0.2) is 4.39 Å². The van der Waals surface area contributed by atoms with Gasteiger partial charge in [0.15, 0.2) is 0 Å². The minimum absolute atomic E-state index is 0.307. The van der Waals surface area contributed by atoms with Crippen LogP contribution in [0, 0.1) is 12.7 Å². The molecule has 0 N–H and O–H groups in total. The number of benzene rings is 1. The van der Waals surface area contributed by atoms with E-state index in [1.165, 1.54) is 6.07 Å². The van der Waals surface area contributed by atoms with E-state index in [2.05, 4.69) is 0 Å². The van der Waals surface area contributed by atoms with Crippen molar-refractivity contribution in [3.05, 3.63) is 35.1 Å². The first kappa shape index (κ1) is 10.0. The van der Waals surface area contributed by atoms with Gasteiger partial charge in [-0.15, -0.1) is 0 Å². The van der Waals surface area contributed by atoms with Gasteiger partial charge < -0.3 is 0 Å². The topological polar surface area (TPSA) is 0 Å². The monoisotopic (exact) mass is 192 g/mol. The van der Waals surface area contributed by atoms with E-state index in [0.717, 1.165) is 12.1 Å². The van der Waals surface area contributed by atoms with Crippen LogP contribution < -0.4 is 0 Å². The predicted molar refractivity (Wildman–Crippen MR) is 40.9 cm³/mol. The summed E-state index contributed by atoms with van der Waals surface area (Å²) in [5, 5.41) is 0. The molecule has 0 amide bonds. The fraction of sp³-hybridized carbons (Fsp3) is 0.333. The lowest BCUT2D eigenvalue weighted by Crippen LogP contribution is -2.12. The number of rotatable bonds is 1. The molecule has 0 radical (unpaired) electrons. The third kappa shape index (κ3) is 3.05. The van der Waals surface area contributed by atoms with Crippen molar-refractivity contribution in [2.45, 2.75) is 19.5 Å². The van der Waals surface area contributed by atoms with E-state index < -0.39 is 18.4 Å². The SMILES string of the molecule is Cc1ccc(CC(F)(F)F)c(F)c1. The fourth-order valence-corrected chi connectivity index (χ4v) is 1.01. The van der Waals surface area contributed by atoms with Gasteiger partial charge in [0.05, 0.1) is 6.42 Å². The van der Waals surface area contributed by atoms with Crippen LogP contribution in [0.5, 0.6) is 0 Å². The fourth-order valence-electron chi connectivity index (χ4n) is 1.01. The van der Waals surface area contributed by atoms with Gasteiger partial charge in [0, 0.05) is 0 Å². The van der Waals surface area contributed by atoms with Crippen LogP contribution in [-0.4, -0.2) is 6.18 Å². The Morgan fingerprint density at radius 3 is 2.31 bits per heavy atom. The molecular weight excluding hydrogens is 184 g/mol. The Balaban J connectivity index is 2.90. The molecule has 1 aromatic carbocycles. The van der Waals surface area contributed by atoms with Crippen molar-refractivity contribution in [3.63, 3.8) is 0 Å². The zero-order valence-corrected chi connectivity index (χ0v) is 6.95. The zero-order chi connectivity index (χ0) is 10.1. The first-order chi connectivity index (χ1) is 5.88. The second kappa shape index (κ2) is 3.36. The summed E-state index contributed by atoms with van der Waals surface area (Å²) in [4.78, 5) is 0. The molecule has 0 saturated heterocycles. The Morgan fingerprint density at radius 2 is 1.85 bits per heavy atom. The molecule has 0 heterocycles. The maximum absolute atomic E-state index is 12.9. The molecule has 13 heavy (non-hydrogen) atoms. The summed E-state index contributed by atoms with van der Waals surface area (Å²) in [5.41, 5.74) is 0.307. The third-order valence-corrected chi connectivity index (χ3v) is 1.60. The zero-order valence-electron chi connectivity index (χ0n) is 6.95. The normalized spacial score (nSPS) is 11.8. The van der Waals surface area contributed by atoms with Crippen LogP contribution in [0.15, 0.2) is 18.2 Å². The summed E-state index contributed by atoms with van der Waals surface area (Å²) in [6, 6.07) is 3.73. The standard InChI is InChI=1S/C9H8F4/c1-6-2-3-7(8(10)4-6)5-9(11,12)13/h2-4H,5H2,1H3. The van der Waals surface area contributed by atoms with E-state index >= 15 is 0 Å². The molecule has 0 aromatic heterocycles. The van der Waals surface area contributed by atoms with Crippen LogP contribution in [0.4, 0.5) is 17.6 Å². The highest BCUT2D eigenvalue weighted by atomic mass is 19.4. The van der Waals surface area contributed by atoms with Crippen molar-refractivity contribution in [3.8, 4) is 0 Å². The highest BCUT2D eigenvalue weighted by Gasteiger charge is 2.28. The van der Waals surface area contributed by atoms with Crippen LogP contribution in [0.25, 0.3) is 0 Å². The minimum Gasteiger partial charge on any atom is -0.207 e. The summed E-state index contributed by atoms with van der Waals surface area (Å²) < 4.78 is 48.4. The molecule has 72 valence electrons. The Hall–Kier alpha value is -1.06. The number of hydrogen-bond acceptors (Lipinski definition) is 0. The Bertz CT molecular complexity index is 301. The number of hydrogen-bond donors (Lipinski definition) is 0.